The Hall–Kier alpha value is -1.99. The van der Waals surface area contributed by atoms with Gasteiger partial charge in [-0.25, -0.2) is 4.98 Å². The number of nitrogens with zero attached hydrogens (tertiary/aromatic N) is 3. The number of thiazole rings is 1. The molecule has 0 spiro atoms. The Morgan fingerprint density at radius 3 is 2.68 bits per heavy atom. The molecular formula is C18H17BrN4OS. The molecule has 1 fully saturated rings. The molecule has 1 N–H and O–H groups in total. The predicted molar refractivity (Wildman–Crippen MR) is 101 cm³/mol. The summed E-state index contributed by atoms with van der Waals surface area (Å²) in [6.07, 6.45) is 6.69. The molecule has 0 saturated heterocycles. The number of halogens is 1. The molecule has 1 saturated carbocycles. The van der Waals surface area contributed by atoms with Crippen molar-refractivity contribution in [1.82, 2.24) is 20.1 Å². The SMILES string of the molecule is Cn1cc(-c2nc(C(=O)NC3(c4ccc(Br)cc4)CCC3)cs2)cn1. The maximum atomic E-state index is 12.7. The second-order valence-corrected chi connectivity index (χ2v) is 8.11. The predicted octanol–water partition coefficient (Wildman–Crippen LogP) is 4.12. The van der Waals surface area contributed by atoms with E-state index < -0.39 is 0 Å². The van der Waals surface area contributed by atoms with E-state index in [2.05, 4.69) is 43.5 Å². The fourth-order valence-electron chi connectivity index (χ4n) is 3.11. The van der Waals surface area contributed by atoms with E-state index in [4.69, 9.17) is 0 Å². The number of hydrogen-bond donors (Lipinski definition) is 1. The molecule has 0 bridgehead atoms. The molecule has 7 heteroatoms. The van der Waals surface area contributed by atoms with Crippen LogP contribution < -0.4 is 5.32 Å². The van der Waals surface area contributed by atoms with E-state index in [-0.39, 0.29) is 11.4 Å². The van der Waals surface area contributed by atoms with Crippen molar-refractivity contribution in [2.24, 2.45) is 7.05 Å². The van der Waals surface area contributed by atoms with E-state index >= 15 is 0 Å². The third-order valence-corrected chi connectivity index (χ3v) is 6.07. The van der Waals surface area contributed by atoms with E-state index in [0.29, 0.717) is 5.69 Å². The second kappa shape index (κ2) is 6.38. The smallest absolute Gasteiger partial charge is 0.271 e. The summed E-state index contributed by atoms with van der Waals surface area (Å²) in [6.45, 7) is 0. The van der Waals surface area contributed by atoms with Crippen molar-refractivity contribution in [1.29, 1.82) is 0 Å². The third kappa shape index (κ3) is 3.14. The quantitative estimate of drug-likeness (QED) is 0.695. The first-order valence-electron chi connectivity index (χ1n) is 8.09. The molecule has 1 aliphatic carbocycles. The average Bonchev–Trinajstić information content (AvgIpc) is 3.20. The van der Waals surface area contributed by atoms with Gasteiger partial charge >= 0.3 is 0 Å². The molecule has 2 aromatic heterocycles. The summed E-state index contributed by atoms with van der Waals surface area (Å²) in [5, 5.41) is 10.00. The zero-order valence-corrected chi connectivity index (χ0v) is 16.1. The Kier molecular flexibility index (Phi) is 4.21. The van der Waals surface area contributed by atoms with Gasteiger partial charge in [0.1, 0.15) is 10.7 Å². The maximum absolute atomic E-state index is 12.7. The topological polar surface area (TPSA) is 59.8 Å². The number of hydrogen-bond acceptors (Lipinski definition) is 4. The summed E-state index contributed by atoms with van der Waals surface area (Å²) in [7, 11) is 1.86. The van der Waals surface area contributed by atoms with E-state index in [1.807, 2.05) is 30.8 Å². The van der Waals surface area contributed by atoms with Crippen LogP contribution in [0.2, 0.25) is 0 Å². The van der Waals surface area contributed by atoms with Crippen LogP contribution in [0.15, 0.2) is 46.5 Å². The molecule has 0 atom stereocenters. The molecule has 0 unspecified atom stereocenters. The number of aryl methyl sites for hydroxylation is 1. The Morgan fingerprint density at radius 1 is 1.32 bits per heavy atom. The van der Waals surface area contributed by atoms with Crippen LogP contribution in [0.5, 0.6) is 0 Å². The fraction of sp³-hybridized carbons (Fsp3) is 0.278. The van der Waals surface area contributed by atoms with Gasteiger partial charge in [0, 0.05) is 28.7 Å². The lowest BCUT2D eigenvalue weighted by atomic mass is 9.71. The van der Waals surface area contributed by atoms with Crippen LogP contribution in [-0.2, 0) is 12.6 Å². The van der Waals surface area contributed by atoms with Crippen LogP contribution >= 0.6 is 27.3 Å². The molecule has 1 aliphatic rings. The van der Waals surface area contributed by atoms with E-state index in [1.165, 1.54) is 11.3 Å². The average molecular weight is 417 g/mol. The van der Waals surface area contributed by atoms with Gasteiger partial charge in [-0.1, -0.05) is 28.1 Å². The van der Waals surface area contributed by atoms with E-state index in [0.717, 1.165) is 39.9 Å². The van der Waals surface area contributed by atoms with Crippen LogP contribution in [-0.4, -0.2) is 20.7 Å². The normalized spacial score (nSPS) is 15.6. The summed E-state index contributed by atoms with van der Waals surface area (Å²) < 4.78 is 2.77. The largest absolute Gasteiger partial charge is 0.341 e. The van der Waals surface area contributed by atoms with Gasteiger partial charge in [0.05, 0.1) is 11.7 Å². The van der Waals surface area contributed by atoms with E-state index in [9.17, 15) is 4.79 Å². The number of benzene rings is 1. The van der Waals surface area contributed by atoms with Crippen molar-refractivity contribution >= 4 is 33.2 Å². The lowest BCUT2D eigenvalue weighted by molar-refractivity contribution is 0.0819. The van der Waals surface area contributed by atoms with Gasteiger partial charge in [0.2, 0.25) is 0 Å². The number of nitrogens with one attached hydrogen (secondary N) is 1. The maximum Gasteiger partial charge on any atom is 0.271 e. The third-order valence-electron chi connectivity index (χ3n) is 4.65. The fourth-order valence-corrected chi connectivity index (χ4v) is 4.15. The van der Waals surface area contributed by atoms with Crippen molar-refractivity contribution < 1.29 is 4.79 Å². The molecule has 4 rings (SSSR count). The minimum absolute atomic E-state index is 0.117. The lowest BCUT2D eigenvalue weighted by Crippen LogP contribution is -2.50. The Bertz CT molecular complexity index is 911. The number of amides is 1. The van der Waals surface area contributed by atoms with Gasteiger partial charge in [-0.2, -0.15) is 5.10 Å². The van der Waals surface area contributed by atoms with Crippen LogP contribution in [0.3, 0.4) is 0 Å². The van der Waals surface area contributed by atoms with Gasteiger partial charge < -0.3 is 5.32 Å². The van der Waals surface area contributed by atoms with Crippen LogP contribution in [0.1, 0.15) is 35.3 Å². The van der Waals surface area contributed by atoms with Crippen LogP contribution in [0.4, 0.5) is 0 Å². The second-order valence-electron chi connectivity index (χ2n) is 6.34. The number of aromatic nitrogens is 3. The van der Waals surface area contributed by atoms with Crippen LogP contribution in [0.25, 0.3) is 10.6 Å². The van der Waals surface area contributed by atoms with Gasteiger partial charge in [0.15, 0.2) is 0 Å². The minimum atomic E-state index is -0.268. The highest BCUT2D eigenvalue weighted by Crippen LogP contribution is 2.41. The number of rotatable bonds is 4. The molecule has 1 amide bonds. The van der Waals surface area contributed by atoms with Crippen LogP contribution in [0, 0.1) is 0 Å². The van der Waals surface area contributed by atoms with Crippen molar-refractivity contribution in [2.75, 3.05) is 0 Å². The summed E-state index contributed by atoms with van der Waals surface area (Å²) >= 11 is 4.93. The van der Waals surface area contributed by atoms with Gasteiger partial charge in [-0.3, -0.25) is 9.48 Å². The molecule has 1 aromatic carbocycles. The minimum Gasteiger partial charge on any atom is -0.341 e. The molecule has 3 aromatic rings. The van der Waals surface area contributed by atoms with Crippen molar-refractivity contribution in [3.05, 3.63) is 57.8 Å². The molecule has 2 heterocycles. The number of carbonyl (C=O) groups excluding carboxylic acids is 1. The Labute approximate surface area is 158 Å². The Balaban J connectivity index is 1.55. The summed E-state index contributed by atoms with van der Waals surface area (Å²) in [6, 6.07) is 8.19. The highest BCUT2D eigenvalue weighted by molar-refractivity contribution is 9.10. The molecule has 25 heavy (non-hydrogen) atoms. The van der Waals surface area contributed by atoms with Crippen molar-refractivity contribution in [3.63, 3.8) is 0 Å². The first-order valence-corrected chi connectivity index (χ1v) is 9.76. The summed E-state index contributed by atoms with van der Waals surface area (Å²) in [5.41, 5.74) is 2.28. The monoisotopic (exact) mass is 416 g/mol. The van der Waals surface area contributed by atoms with Gasteiger partial charge in [0.25, 0.3) is 5.91 Å². The van der Waals surface area contributed by atoms with E-state index in [1.54, 1.807) is 10.9 Å². The Morgan fingerprint density at radius 2 is 2.08 bits per heavy atom. The van der Waals surface area contributed by atoms with Gasteiger partial charge in [-0.05, 0) is 37.0 Å². The highest BCUT2D eigenvalue weighted by Gasteiger charge is 2.40. The zero-order chi connectivity index (χ0) is 17.4. The van der Waals surface area contributed by atoms with Gasteiger partial charge in [-0.15, -0.1) is 11.3 Å². The highest BCUT2D eigenvalue weighted by atomic mass is 79.9. The van der Waals surface area contributed by atoms with Crippen molar-refractivity contribution in [3.8, 4) is 10.6 Å². The molecule has 0 aliphatic heterocycles. The molecule has 0 radical (unpaired) electrons. The first-order chi connectivity index (χ1) is 12.1. The first kappa shape index (κ1) is 16.5. The summed E-state index contributed by atoms with van der Waals surface area (Å²) in [5.74, 6) is -0.117. The molecular weight excluding hydrogens is 400 g/mol. The molecule has 128 valence electrons. The molecule has 5 nitrogen and oxygen atoms in total. The number of carbonyl (C=O) groups is 1. The zero-order valence-electron chi connectivity index (χ0n) is 13.7. The lowest BCUT2D eigenvalue weighted by Gasteiger charge is -2.43. The summed E-state index contributed by atoms with van der Waals surface area (Å²) in [4.78, 5) is 17.2. The standard InChI is InChI=1S/C18H17BrN4OS/c1-23-10-12(9-20-23)17-21-15(11-25-17)16(24)22-18(7-2-8-18)13-3-5-14(19)6-4-13/h3-6,9-11H,2,7-8H2,1H3,(H,22,24). The van der Waals surface area contributed by atoms with Crippen molar-refractivity contribution in [2.45, 2.75) is 24.8 Å².